The number of hydrogen-bond acceptors (Lipinski definition) is 3. The lowest BCUT2D eigenvalue weighted by molar-refractivity contribution is 0.0697. The first kappa shape index (κ1) is 15.7. The van der Waals surface area contributed by atoms with Gasteiger partial charge in [-0.1, -0.05) is 12.1 Å². The third kappa shape index (κ3) is 4.67. The highest BCUT2D eigenvalue weighted by Gasteiger charge is 2.17. The molecule has 0 spiro atoms. The first-order valence-electron chi connectivity index (χ1n) is 6.95. The Bertz CT molecular complexity index is 498. The third-order valence-electron chi connectivity index (χ3n) is 3.53. The van der Waals surface area contributed by atoms with Crippen LogP contribution in [-0.4, -0.2) is 47.1 Å². The van der Waals surface area contributed by atoms with Gasteiger partial charge in [0.1, 0.15) is 0 Å². The predicted octanol–water partition coefficient (Wildman–Crippen LogP) is 2.28. The SMILES string of the molecule is CN(Cc1ccc(C(=O)O)cc1)C(=O)NCC1CCSC1. The van der Waals surface area contributed by atoms with Gasteiger partial charge in [0.2, 0.25) is 0 Å². The molecule has 0 saturated carbocycles. The van der Waals surface area contributed by atoms with Gasteiger partial charge in [-0.2, -0.15) is 11.8 Å². The third-order valence-corrected chi connectivity index (χ3v) is 4.76. The molecule has 1 aromatic carbocycles. The van der Waals surface area contributed by atoms with Crippen LogP contribution in [0.2, 0.25) is 0 Å². The van der Waals surface area contributed by atoms with Crippen molar-refractivity contribution in [2.45, 2.75) is 13.0 Å². The summed E-state index contributed by atoms with van der Waals surface area (Å²) in [7, 11) is 1.74. The van der Waals surface area contributed by atoms with Crippen LogP contribution in [0.25, 0.3) is 0 Å². The minimum absolute atomic E-state index is 0.0887. The number of carboxylic acid groups (broad SMARTS) is 1. The molecular weight excluding hydrogens is 288 g/mol. The second-order valence-corrected chi connectivity index (χ2v) is 6.42. The van der Waals surface area contributed by atoms with E-state index in [9.17, 15) is 9.59 Å². The van der Waals surface area contributed by atoms with Crippen molar-refractivity contribution in [2.75, 3.05) is 25.1 Å². The Balaban J connectivity index is 1.80. The van der Waals surface area contributed by atoms with Crippen molar-refractivity contribution < 1.29 is 14.7 Å². The number of carboxylic acids is 1. The normalized spacial score (nSPS) is 17.5. The van der Waals surface area contributed by atoms with Crippen LogP contribution in [0.1, 0.15) is 22.3 Å². The van der Waals surface area contributed by atoms with E-state index in [1.807, 2.05) is 11.8 Å². The van der Waals surface area contributed by atoms with Gasteiger partial charge in [-0.3, -0.25) is 0 Å². The highest BCUT2D eigenvalue weighted by molar-refractivity contribution is 7.99. The van der Waals surface area contributed by atoms with Crippen molar-refractivity contribution in [3.8, 4) is 0 Å². The summed E-state index contributed by atoms with van der Waals surface area (Å²) in [6.07, 6.45) is 1.17. The average molecular weight is 308 g/mol. The Morgan fingerprint density at radius 2 is 2.10 bits per heavy atom. The van der Waals surface area contributed by atoms with Crippen molar-refractivity contribution >= 4 is 23.8 Å². The summed E-state index contributed by atoms with van der Waals surface area (Å²) in [6.45, 7) is 1.19. The molecule has 2 N–H and O–H groups in total. The predicted molar refractivity (Wildman–Crippen MR) is 83.7 cm³/mol. The van der Waals surface area contributed by atoms with Gasteiger partial charge in [-0.05, 0) is 41.5 Å². The number of nitrogens with zero attached hydrogens (tertiary/aromatic N) is 1. The standard InChI is InChI=1S/C15H20N2O3S/c1-17(15(20)16-8-12-6-7-21-10-12)9-11-2-4-13(5-3-11)14(18)19/h2-5,12H,6-10H2,1H3,(H,16,20)(H,18,19). The molecule has 2 rings (SSSR count). The zero-order chi connectivity index (χ0) is 15.2. The Hall–Kier alpha value is -1.69. The molecule has 0 bridgehead atoms. The van der Waals surface area contributed by atoms with Crippen LogP contribution in [0.4, 0.5) is 4.79 Å². The topological polar surface area (TPSA) is 69.6 Å². The van der Waals surface area contributed by atoms with E-state index in [1.165, 1.54) is 12.2 Å². The molecule has 6 heteroatoms. The number of rotatable bonds is 5. The number of nitrogens with one attached hydrogen (secondary N) is 1. The first-order chi connectivity index (χ1) is 10.1. The van der Waals surface area contributed by atoms with Crippen LogP contribution in [-0.2, 0) is 6.54 Å². The number of thioether (sulfide) groups is 1. The molecule has 1 saturated heterocycles. The summed E-state index contributed by atoms with van der Waals surface area (Å²) in [6, 6.07) is 6.49. The second kappa shape index (κ2) is 7.36. The van der Waals surface area contributed by atoms with Gasteiger partial charge in [0.25, 0.3) is 0 Å². The first-order valence-corrected chi connectivity index (χ1v) is 8.10. The highest BCUT2D eigenvalue weighted by atomic mass is 32.2. The Morgan fingerprint density at radius 1 is 1.38 bits per heavy atom. The number of amides is 2. The van der Waals surface area contributed by atoms with Crippen molar-refractivity contribution in [1.82, 2.24) is 10.2 Å². The maximum absolute atomic E-state index is 12.0. The molecular formula is C15H20N2O3S. The summed E-state index contributed by atoms with van der Waals surface area (Å²) in [4.78, 5) is 24.4. The molecule has 1 aromatic rings. The molecule has 1 unspecified atom stereocenters. The smallest absolute Gasteiger partial charge is 0.335 e. The number of urea groups is 1. The Kier molecular flexibility index (Phi) is 5.50. The van der Waals surface area contributed by atoms with E-state index in [-0.39, 0.29) is 11.6 Å². The number of benzene rings is 1. The lowest BCUT2D eigenvalue weighted by Gasteiger charge is -2.19. The van der Waals surface area contributed by atoms with Crippen LogP contribution in [0.5, 0.6) is 0 Å². The molecule has 114 valence electrons. The van der Waals surface area contributed by atoms with Crippen LogP contribution in [0, 0.1) is 5.92 Å². The summed E-state index contributed by atoms with van der Waals surface area (Å²) < 4.78 is 0. The number of carbonyl (C=O) groups is 2. The van der Waals surface area contributed by atoms with Gasteiger partial charge in [-0.25, -0.2) is 9.59 Å². The van der Waals surface area contributed by atoms with Crippen LogP contribution < -0.4 is 5.32 Å². The zero-order valence-corrected chi connectivity index (χ0v) is 12.9. The minimum atomic E-state index is -0.943. The fourth-order valence-corrected chi connectivity index (χ4v) is 3.49. The molecule has 0 aromatic heterocycles. The number of aromatic carboxylic acids is 1. The lowest BCUT2D eigenvalue weighted by atomic mass is 10.1. The molecule has 1 fully saturated rings. The lowest BCUT2D eigenvalue weighted by Crippen LogP contribution is -2.39. The molecule has 2 amide bonds. The summed E-state index contributed by atoms with van der Waals surface area (Å²) >= 11 is 1.94. The molecule has 5 nitrogen and oxygen atoms in total. The molecule has 1 aliphatic heterocycles. The maximum Gasteiger partial charge on any atom is 0.335 e. The van der Waals surface area contributed by atoms with E-state index in [0.29, 0.717) is 12.5 Å². The number of hydrogen-bond donors (Lipinski definition) is 2. The average Bonchev–Trinajstić information content (AvgIpc) is 2.98. The van der Waals surface area contributed by atoms with Crippen LogP contribution in [0.3, 0.4) is 0 Å². The quantitative estimate of drug-likeness (QED) is 0.875. The Labute approximate surface area is 128 Å². The molecule has 1 aliphatic rings. The van der Waals surface area contributed by atoms with E-state index in [1.54, 1.807) is 36.2 Å². The van der Waals surface area contributed by atoms with E-state index < -0.39 is 5.97 Å². The fourth-order valence-electron chi connectivity index (χ4n) is 2.21. The van der Waals surface area contributed by atoms with Crippen molar-refractivity contribution in [3.05, 3.63) is 35.4 Å². The fraction of sp³-hybridized carbons (Fsp3) is 0.467. The second-order valence-electron chi connectivity index (χ2n) is 5.27. The van der Waals surface area contributed by atoms with Crippen molar-refractivity contribution in [3.63, 3.8) is 0 Å². The van der Waals surface area contributed by atoms with E-state index in [0.717, 1.165) is 17.9 Å². The summed E-state index contributed by atoms with van der Waals surface area (Å²) in [5, 5.41) is 11.8. The van der Waals surface area contributed by atoms with Gasteiger partial charge in [0, 0.05) is 20.1 Å². The van der Waals surface area contributed by atoms with Gasteiger partial charge >= 0.3 is 12.0 Å². The van der Waals surface area contributed by atoms with E-state index in [4.69, 9.17) is 5.11 Å². The van der Waals surface area contributed by atoms with Gasteiger partial charge in [0.15, 0.2) is 0 Å². The van der Waals surface area contributed by atoms with Crippen LogP contribution in [0.15, 0.2) is 24.3 Å². The van der Waals surface area contributed by atoms with E-state index >= 15 is 0 Å². The molecule has 1 heterocycles. The number of carbonyl (C=O) groups excluding carboxylic acids is 1. The largest absolute Gasteiger partial charge is 0.478 e. The van der Waals surface area contributed by atoms with Crippen molar-refractivity contribution in [1.29, 1.82) is 0 Å². The monoisotopic (exact) mass is 308 g/mol. The maximum atomic E-state index is 12.0. The molecule has 0 aliphatic carbocycles. The molecule has 21 heavy (non-hydrogen) atoms. The summed E-state index contributed by atoms with van der Waals surface area (Å²) in [5.74, 6) is 1.96. The van der Waals surface area contributed by atoms with Gasteiger partial charge in [0.05, 0.1) is 5.56 Å². The van der Waals surface area contributed by atoms with E-state index in [2.05, 4.69) is 5.32 Å². The highest BCUT2D eigenvalue weighted by Crippen LogP contribution is 2.22. The molecule has 0 radical (unpaired) electrons. The zero-order valence-electron chi connectivity index (χ0n) is 12.0. The van der Waals surface area contributed by atoms with Crippen molar-refractivity contribution in [2.24, 2.45) is 5.92 Å². The van der Waals surface area contributed by atoms with Gasteiger partial charge < -0.3 is 15.3 Å². The van der Waals surface area contributed by atoms with Crippen LogP contribution >= 0.6 is 11.8 Å². The molecule has 1 atom stereocenters. The minimum Gasteiger partial charge on any atom is -0.478 e. The summed E-state index contributed by atoms with van der Waals surface area (Å²) in [5.41, 5.74) is 1.17. The van der Waals surface area contributed by atoms with Gasteiger partial charge in [-0.15, -0.1) is 0 Å². The Morgan fingerprint density at radius 3 is 2.67 bits per heavy atom.